The summed E-state index contributed by atoms with van der Waals surface area (Å²) < 4.78 is 49.8. The van der Waals surface area contributed by atoms with Gasteiger partial charge < -0.3 is 4.84 Å². The van der Waals surface area contributed by atoms with E-state index in [1.807, 2.05) is 0 Å². The van der Waals surface area contributed by atoms with Crippen LogP contribution in [-0.2, 0) is 14.7 Å². The number of nitrogens with zero attached hydrogens (tertiary/aromatic N) is 2. The Kier molecular flexibility index (Phi) is 4.97. The number of hydrogen-bond acceptors (Lipinski definition) is 4. The molecule has 3 radical (unpaired) electrons. The zero-order valence-corrected chi connectivity index (χ0v) is 12.8. The van der Waals surface area contributed by atoms with E-state index in [9.17, 15) is 17.2 Å². The standard InChI is InChI=1S/C12H12ClF2NO3S.N/c1-12(2)6-9(16-19-12)20(17,18)11(13)10-7(14)4-3-5-8(10)15;/h3-5,11H,6H2,1-2H3;. The number of sulfone groups is 1. The van der Waals surface area contributed by atoms with Crippen LogP contribution < -0.4 is 6.15 Å². The van der Waals surface area contributed by atoms with Gasteiger partial charge in [-0.3, -0.25) is 0 Å². The van der Waals surface area contributed by atoms with E-state index in [2.05, 4.69) is 5.16 Å². The Balaban J connectivity index is 0.00000220. The second-order valence-corrected chi connectivity index (χ2v) is 7.74. The molecule has 0 bridgehead atoms. The van der Waals surface area contributed by atoms with Gasteiger partial charge in [-0.05, 0) is 26.0 Å². The summed E-state index contributed by atoms with van der Waals surface area (Å²) in [5.74, 6) is -2.04. The molecule has 1 unspecified atom stereocenters. The highest BCUT2D eigenvalue weighted by Crippen LogP contribution is 2.36. The van der Waals surface area contributed by atoms with E-state index in [-0.39, 0.29) is 17.6 Å². The monoisotopic (exact) mass is 337 g/mol. The second-order valence-electron chi connectivity index (χ2n) is 5.01. The molecule has 0 fully saturated rings. The number of hydrogen-bond donors (Lipinski definition) is 0. The van der Waals surface area contributed by atoms with Gasteiger partial charge in [-0.15, -0.1) is 0 Å². The summed E-state index contributed by atoms with van der Waals surface area (Å²) in [6.45, 7) is 3.29. The Morgan fingerprint density at radius 3 is 2.29 bits per heavy atom. The summed E-state index contributed by atoms with van der Waals surface area (Å²) in [7, 11) is -4.20. The summed E-state index contributed by atoms with van der Waals surface area (Å²) in [5, 5.41) is 3.15. The summed E-state index contributed by atoms with van der Waals surface area (Å²) >= 11 is 5.78. The fourth-order valence-electron chi connectivity index (χ4n) is 1.76. The molecule has 0 amide bonds. The van der Waals surface area contributed by atoms with Crippen LogP contribution in [-0.4, -0.2) is 19.1 Å². The van der Waals surface area contributed by atoms with Crippen LogP contribution in [0.4, 0.5) is 8.78 Å². The first-order chi connectivity index (χ1) is 9.15. The summed E-state index contributed by atoms with van der Waals surface area (Å²) in [4.78, 5) is 4.95. The van der Waals surface area contributed by atoms with Crippen molar-refractivity contribution in [2.45, 2.75) is 30.6 Å². The molecule has 0 spiro atoms. The van der Waals surface area contributed by atoms with Gasteiger partial charge >= 0.3 is 0 Å². The SMILES string of the molecule is CC1(C)CC(S(=O)(=O)C(Cl)c2c(F)cccc2F)=NO1.[N]. The first-order valence-corrected chi connectivity index (χ1v) is 7.70. The Morgan fingerprint density at radius 2 is 1.86 bits per heavy atom. The number of oxime groups is 1. The Bertz CT molecular complexity index is 657. The van der Waals surface area contributed by atoms with E-state index >= 15 is 0 Å². The zero-order valence-electron chi connectivity index (χ0n) is 11.2. The molecular formula is C12H12ClF2N2O3S. The van der Waals surface area contributed by atoms with Crippen molar-refractivity contribution in [3.63, 3.8) is 0 Å². The molecule has 9 heteroatoms. The largest absolute Gasteiger partial charge is 0.389 e. The maximum atomic E-state index is 13.6. The lowest BCUT2D eigenvalue weighted by atomic mass is 10.1. The van der Waals surface area contributed by atoms with Crippen molar-refractivity contribution in [3.8, 4) is 0 Å². The molecule has 2 rings (SSSR count). The average Bonchev–Trinajstić information content (AvgIpc) is 2.70. The molecule has 5 nitrogen and oxygen atoms in total. The van der Waals surface area contributed by atoms with Gasteiger partial charge in [0.05, 0.1) is 5.56 Å². The number of halogens is 3. The zero-order chi connectivity index (χ0) is 15.1. The fourth-order valence-corrected chi connectivity index (χ4v) is 3.74. The van der Waals surface area contributed by atoms with Crippen LogP contribution in [0.25, 0.3) is 0 Å². The average molecular weight is 338 g/mol. The molecule has 1 atom stereocenters. The van der Waals surface area contributed by atoms with Gasteiger partial charge in [0.2, 0.25) is 9.84 Å². The normalized spacial score (nSPS) is 18.4. The van der Waals surface area contributed by atoms with Crippen molar-refractivity contribution in [2.24, 2.45) is 5.16 Å². The Labute approximate surface area is 126 Å². The minimum Gasteiger partial charge on any atom is -0.389 e. The van der Waals surface area contributed by atoms with Crippen molar-refractivity contribution < 1.29 is 22.0 Å². The number of rotatable bonds is 2. The molecule has 1 aromatic carbocycles. The van der Waals surface area contributed by atoms with Crippen molar-refractivity contribution in [1.82, 2.24) is 6.15 Å². The molecule has 1 aromatic rings. The molecule has 0 aliphatic carbocycles. The molecule has 1 aliphatic heterocycles. The molecule has 0 aromatic heterocycles. The molecule has 21 heavy (non-hydrogen) atoms. The van der Waals surface area contributed by atoms with Crippen LogP contribution in [0.15, 0.2) is 23.4 Å². The maximum Gasteiger partial charge on any atom is 0.216 e. The van der Waals surface area contributed by atoms with Crippen LogP contribution in [0.3, 0.4) is 0 Å². The highest BCUT2D eigenvalue weighted by molar-refractivity contribution is 8.07. The van der Waals surface area contributed by atoms with Crippen molar-refractivity contribution in [3.05, 3.63) is 35.4 Å². The summed E-state index contributed by atoms with van der Waals surface area (Å²) in [5.41, 5.74) is -1.49. The van der Waals surface area contributed by atoms with Gasteiger partial charge in [-0.2, -0.15) is 0 Å². The van der Waals surface area contributed by atoms with E-state index < -0.39 is 37.3 Å². The maximum absolute atomic E-state index is 13.6. The first-order valence-electron chi connectivity index (χ1n) is 5.72. The minimum absolute atomic E-state index is 0. The van der Waals surface area contributed by atoms with Gasteiger partial charge in [0.1, 0.15) is 17.2 Å². The molecule has 0 N–H and O–H groups in total. The van der Waals surface area contributed by atoms with Crippen LogP contribution >= 0.6 is 11.6 Å². The van der Waals surface area contributed by atoms with E-state index in [1.165, 1.54) is 0 Å². The van der Waals surface area contributed by atoms with Crippen LogP contribution in [0.2, 0.25) is 0 Å². The predicted octanol–water partition coefficient (Wildman–Crippen LogP) is 2.65. The first kappa shape index (κ1) is 17.8. The van der Waals surface area contributed by atoms with Crippen LogP contribution in [0, 0.1) is 11.6 Å². The van der Waals surface area contributed by atoms with Gasteiger partial charge in [-0.1, -0.05) is 22.8 Å². The quantitative estimate of drug-likeness (QED) is 0.777. The molecule has 0 saturated carbocycles. The molecular weight excluding hydrogens is 326 g/mol. The van der Waals surface area contributed by atoms with Gasteiger partial charge in [-0.25, -0.2) is 17.2 Å². The van der Waals surface area contributed by atoms with Crippen molar-refractivity contribution >= 4 is 26.5 Å². The predicted molar refractivity (Wildman–Crippen MR) is 73.2 cm³/mol. The summed E-state index contributed by atoms with van der Waals surface area (Å²) in [6.07, 6.45) is -0.00533. The Morgan fingerprint density at radius 1 is 1.33 bits per heavy atom. The topological polar surface area (TPSA) is 86.2 Å². The number of alkyl halides is 1. The minimum atomic E-state index is -4.20. The molecule has 0 saturated heterocycles. The lowest BCUT2D eigenvalue weighted by Crippen LogP contribution is -2.25. The lowest BCUT2D eigenvalue weighted by Gasteiger charge is -2.15. The van der Waals surface area contributed by atoms with Gasteiger partial charge in [0.25, 0.3) is 0 Å². The third kappa shape index (κ3) is 3.33. The van der Waals surface area contributed by atoms with Crippen molar-refractivity contribution in [1.29, 1.82) is 0 Å². The van der Waals surface area contributed by atoms with Crippen LogP contribution in [0.1, 0.15) is 30.5 Å². The van der Waals surface area contributed by atoms with Gasteiger partial charge in [0, 0.05) is 12.6 Å². The lowest BCUT2D eigenvalue weighted by molar-refractivity contribution is 0.0123. The Hall–Kier alpha value is -1.25. The fraction of sp³-hybridized carbons (Fsp3) is 0.417. The second kappa shape index (κ2) is 5.86. The van der Waals surface area contributed by atoms with E-state index in [0.29, 0.717) is 0 Å². The molecule has 115 valence electrons. The smallest absolute Gasteiger partial charge is 0.216 e. The third-order valence-corrected chi connectivity index (χ3v) is 5.38. The van der Waals surface area contributed by atoms with Crippen LogP contribution in [0.5, 0.6) is 0 Å². The van der Waals surface area contributed by atoms with E-state index in [0.717, 1.165) is 18.2 Å². The molecule has 1 heterocycles. The van der Waals surface area contributed by atoms with E-state index in [1.54, 1.807) is 13.8 Å². The van der Waals surface area contributed by atoms with Gasteiger partial charge in [0.15, 0.2) is 9.75 Å². The molecule has 1 aliphatic rings. The number of benzene rings is 1. The van der Waals surface area contributed by atoms with Crippen molar-refractivity contribution in [2.75, 3.05) is 0 Å². The summed E-state index contributed by atoms with van der Waals surface area (Å²) in [6, 6.07) is 3.02. The van der Waals surface area contributed by atoms with E-state index in [4.69, 9.17) is 16.4 Å². The highest BCUT2D eigenvalue weighted by Gasteiger charge is 2.41. The highest BCUT2D eigenvalue weighted by atomic mass is 35.5. The third-order valence-electron chi connectivity index (χ3n) is 2.80.